The Bertz CT molecular complexity index is 596. The first-order chi connectivity index (χ1) is 10.6. The van der Waals surface area contributed by atoms with Crippen molar-refractivity contribution in [3.63, 3.8) is 0 Å². The van der Waals surface area contributed by atoms with Crippen LogP contribution in [0, 0.1) is 0 Å². The molecule has 0 amide bonds. The molecular weight excluding hydrogens is 323 g/mol. The van der Waals surface area contributed by atoms with Crippen LogP contribution in [0.5, 0.6) is 0 Å². The summed E-state index contributed by atoms with van der Waals surface area (Å²) in [6, 6.07) is 0.149. The van der Waals surface area contributed by atoms with Crippen LogP contribution in [0.1, 0.15) is 76.3 Å². The average molecular weight is 345 g/mol. The van der Waals surface area contributed by atoms with E-state index in [9.17, 15) is 9.59 Å². The van der Waals surface area contributed by atoms with Crippen molar-refractivity contribution in [2.24, 2.45) is 0 Å². The molecule has 22 heavy (non-hydrogen) atoms. The summed E-state index contributed by atoms with van der Waals surface area (Å²) in [5.74, 6) is 0. The Hall–Kier alpha value is -0.740. The zero-order valence-corrected chi connectivity index (χ0v) is 14.2. The number of nitrogens with zero attached hydrogens (tertiary/aromatic N) is 2. The Morgan fingerprint density at radius 2 is 0.955 bits per heavy atom. The van der Waals surface area contributed by atoms with Crippen LogP contribution in [-0.2, 0) is 0 Å². The SMILES string of the molecule is O=c1c(Cl)c(Cl)c(=O)n(C2CCCCC2)n1C1CCCCC1. The lowest BCUT2D eigenvalue weighted by Gasteiger charge is -2.32. The van der Waals surface area contributed by atoms with Crippen LogP contribution < -0.4 is 11.1 Å². The highest BCUT2D eigenvalue weighted by molar-refractivity contribution is 6.41. The molecule has 4 nitrogen and oxygen atoms in total. The Labute approximate surface area is 140 Å². The molecule has 2 aliphatic carbocycles. The van der Waals surface area contributed by atoms with Gasteiger partial charge in [0.15, 0.2) is 0 Å². The van der Waals surface area contributed by atoms with Crippen LogP contribution >= 0.6 is 23.2 Å². The summed E-state index contributed by atoms with van der Waals surface area (Å²) in [6.45, 7) is 0. The molecule has 0 N–H and O–H groups in total. The molecule has 1 aromatic rings. The molecule has 0 spiro atoms. The molecule has 0 aliphatic heterocycles. The third-order valence-corrected chi connectivity index (χ3v) is 5.86. The molecule has 1 aromatic heterocycles. The molecule has 0 saturated heterocycles. The van der Waals surface area contributed by atoms with Gasteiger partial charge in [-0.05, 0) is 25.7 Å². The third-order valence-electron chi connectivity index (χ3n) is 5.06. The van der Waals surface area contributed by atoms with E-state index in [1.807, 2.05) is 0 Å². The van der Waals surface area contributed by atoms with Crippen molar-refractivity contribution < 1.29 is 0 Å². The number of aromatic nitrogens is 2. The van der Waals surface area contributed by atoms with Crippen LogP contribution in [0.15, 0.2) is 9.59 Å². The summed E-state index contributed by atoms with van der Waals surface area (Å²) >= 11 is 12.1. The van der Waals surface area contributed by atoms with E-state index in [0.717, 1.165) is 51.4 Å². The maximum atomic E-state index is 12.7. The van der Waals surface area contributed by atoms with E-state index < -0.39 is 0 Å². The van der Waals surface area contributed by atoms with Crippen molar-refractivity contribution in [3.8, 4) is 0 Å². The topological polar surface area (TPSA) is 44.0 Å². The molecule has 0 unspecified atom stereocenters. The van der Waals surface area contributed by atoms with Gasteiger partial charge in [0.25, 0.3) is 11.1 Å². The zero-order chi connectivity index (χ0) is 15.7. The van der Waals surface area contributed by atoms with Crippen molar-refractivity contribution in [1.29, 1.82) is 0 Å². The van der Waals surface area contributed by atoms with Crippen LogP contribution in [0.4, 0.5) is 0 Å². The molecule has 6 heteroatoms. The standard InChI is InChI=1S/C16H22Cl2N2O2/c17-13-14(18)16(22)20(12-9-5-2-6-10-12)19(15(13)21)11-7-3-1-4-8-11/h11-12H,1-10H2. The van der Waals surface area contributed by atoms with E-state index in [-0.39, 0.29) is 33.2 Å². The van der Waals surface area contributed by atoms with Gasteiger partial charge in [-0.25, -0.2) is 9.36 Å². The Balaban J connectivity index is 2.16. The van der Waals surface area contributed by atoms with E-state index in [1.54, 1.807) is 9.36 Å². The summed E-state index contributed by atoms with van der Waals surface area (Å²) in [7, 11) is 0. The fourth-order valence-electron chi connectivity index (χ4n) is 3.92. The minimum atomic E-state index is -0.302. The Morgan fingerprint density at radius 3 is 1.27 bits per heavy atom. The normalized spacial score (nSPS) is 21.2. The van der Waals surface area contributed by atoms with Crippen molar-refractivity contribution in [2.45, 2.75) is 76.3 Å². The largest absolute Gasteiger partial charge is 0.285 e. The van der Waals surface area contributed by atoms with Crippen LogP contribution in [0.2, 0.25) is 10.0 Å². The molecule has 122 valence electrons. The summed E-state index contributed by atoms with van der Waals surface area (Å²) in [6.07, 6.45) is 10.5. The van der Waals surface area contributed by atoms with Gasteiger partial charge in [-0.3, -0.25) is 9.59 Å². The molecule has 3 rings (SSSR count). The third kappa shape index (κ3) is 2.88. The Kier molecular flexibility index (Phi) is 4.98. The molecular formula is C16H22Cl2N2O2. The predicted octanol–water partition coefficient (Wildman–Crippen LogP) is 4.33. The summed E-state index contributed by atoms with van der Waals surface area (Å²) in [5, 5.41) is -0.242. The van der Waals surface area contributed by atoms with Crippen LogP contribution in [0.25, 0.3) is 0 Å². The van der Waals surface area contributed by atoms with Crippen LogP contribution in [0.3, 0.4) is 0 Å². The van der Waals surface area contributed by atoms with Gasteiger partial charge >= 0.3 is 0 Å². The van der Waals surface area contributed by atoms with Gasteiger partial charge < -0.3 is 0 Å². The van der Waals surface area contributed by atoms with E-state index in [0.29, 0.717) is 0 Å². The lowest BCUT2D eigenvalue weighted by atomic mass is 9.94. The maximum Gasteiger partial charge on any atom is 0.285 e. The number of halogens is 2. The van der Waals surface area contributed by atoms with Crippen molar-refractivity contribution in [3.05, 3.63) is 30.8 Å². The lowest BCUT2D eigenvalue weighted by Crippen LogP contribution is -2.44. The first-order valence-corrected chi connectivity index (χ1v) is 9.09. The predicted molar refractivity (Wildman–Crippen MR) is 89.2 cm³/mol. The summed E-state index contributed by atoms with van der Waals surface area (Å²) in [4.78, 5) is 25.4. The molecule has 2 saturated carbocycles. The first-order valence-electron chi connectivity index (χ1n) is 8.33. The highest BCUT2D eigenvalue weighted by Gasteiger charge is 2.28. The highest BCUT2D eigenvalue weighted by atomic mass is 35.5. The molecule has 0 atom stereocenters. The monoisotopic (exact) mass is 344 g/mol. The van der Waals surface area contributed by atoms with Gasteiger partial charge in [0.05, 0.1) is 12.1 Å². The number of hydrogen-bond acceptors (Lipinski definition) is 2. The van der Waals surface area contributed by atoms with Crippen molar-refractivity contribution in [1.82, 2.24) is 9.36 Å². The fourth-order valence-corrected chi connectivity index (χ4v) is 4.25. The second kappa shape index (κ2) is 6.79. The van der Waals surface area contributed by atoms with Crippen LogP contribution in [-0.4, -0.2) is 9.36 Å². The van der Waals surface area contributed by atoms with Gasteiger partial charge in [0.2, 0.25) is 0 Å². The number of rotatable bonds is 2. The van der Waals surface area contributed by atoms with Gasteiger partial charge in [-0.15, -0.1) is 0 Å². The second-order valence-corrected chi connectivity index (χ2v) is 7.27. The molecule has 1 heterocycles. The molecule has 0 aromatic carbocycles. The van der Waals surface area contributed by atoms with E-state index in [4.69, 9.17) is 23.2 Å². The fraction of sp³-hybridized carbons (Fsp3) is 0.750. The lowest BCUT2D eigenvalue weighted by molar-refractivity contribution is 0.214. The maximum absolute atomic E-state index is 12.7. The van der Waals surface area contributed by atoms with Gasteiger partial charge in [-0.1, -0.05) is 61.7 Å². The average Bonchev–Trinajstić information content (AvgIpc) is 2.57. The number of hydrogen-bond donors (Lipinski definition) is 0. The molecule has 0 radical (unpaired) electrons. The molecule has 0 bridgehead atoms. The zero-order valence-electron chi connectivity index (χ0n) is 12.7. The second-order valence-electron chi connectivity index (χ2n) is 6.51. The first kappa shape index (κ1) is 16.1. The smallest absolute Gasteiger partial charge is 0.266 e. The van der Waals surface area contributed by atoms with Gasteiger partial charge in [0, 0.05) is 0 Å². The highest BCUT2D eigenvalue weighted by Crippen LogP contribution is 2.32. The summed E-state index contributed by atoms with van der Waals surface area (Å²) in [5.41, 5.74) is -0.604. The van der Waals surface area contributed by atoms with Gasteiger partial charge in [0.1, 0.15) is 10.0 Å². The summed E-state index contributed by atoms with van der Waals surface area (Å²) < 4.78 is 3.29. The Morgan fingerprint density at radius 1 is 0.636 bits per heavy atom. The van der Waals surface area contributed by atoms with Crippen molar-refractivity contribution >= 4 is 23.2 Å². The van der Waals surface area contributed by atoms with E-state index in [2.05, 4.69) is 0 Å². The quantitative estimate of drug-likeness (QED) is 0.801. The molecule has 2 fully saturated rings. The van der Waals surface area contributed by atoms with Crippen molar-refractivity contribution in [2.75, 3.05) is 0 Å². The molecule has 2 aliphatic rings. The van der Waals surface area contributed by atoms with E-state index >= 15 is 0 Å². The minimum absolute atomic E-state index is 0.0747. The minimum Gasteiger partial charge on any atom is -0.266 e. The van der Waals surface area contributed by atoms with E-state index in [1.165, 1.54) is 12.8 Å². The van der Waals surface area contributed by atoms with Gasteiger partial charge in [-0.2, -0.15) is 0 Å².